The highest BCUT2D eigenvalue weighted by atomic mass is 16.2. The van der Waals surface area contributed by atoms with E-state index in [1.54, 1.807) is 11.9 Å². The lowest BCUT2D eigenvalue weighted by Gasteiger charge is -2.25. The Morgan fingerprint density at radius 2 is 2.00 bits per heavy atom. The van der Waals surface area contributed by atoms with E-state index in [0.29, 0.717) is 6.54 Å². The third-order valence-electron chi connectivity index (χ3n) is 2.26. The molecule has 0 bridgehead atoms. The van der Waals surface area contributed by atoms with Crippen molar-refractivity contribution in [1.82, 2.24) is 4.90 Å². The van der Waals surface area contributed by atoms with Gasteiger partial charge in [-0.05, 0) is 24.1 Å². The molecule has 82 valence electrons. The van der Waals surface area contributed by atoms with Crippen molar-refractivity contribution in [1.29, 1.82) is 0 Å². The van der Waals surface area contributed by atoms with Gasteiger partial charge in [0, 0.05) is 19.3 Å². The molecule has 0 unspecified atom stereocenters. The first-order chi connectivity index (χ1) is 7.16. The minimum Gasteiger partial charge on any atom is -0.323 e. The second-order valence-corrected chi connectivity index (χ2v) is 3.45. The van der Waals surface area contributed by atoms with Gasteiger partial charge in [0.2, 0.25) is 0 Å². The highest BCUT2D eigenvalue weighted by Gasteiger charge is 2.18. The maximum absolute atomic E-state index is 11.3. The van der Waals surface area contributed by atoms with E-state index in [9.17, 15) is 4.79 Å². The number of fused-ring (bicyclic) bond motifs is 1. The Kier molecular flexibility index (Phi) is 3.72. The molecule has 2 rings (SSSR count). The lowest BCUT2D eigenvalue weighted by atomic mass is 10.1. The number of nitrogens with one attached hydrogen (secondary N) is 1. The second-order valence-electron chi connectivity index (χ2n) is 3.45. The van der Waals surface area contributed by atoms with E-state index in [0.717, 1.165) is 5.69 Å². The second kappa shape index (κ2) is 4.82. The van der Waals surface area contributed by atoms with E-state index in [-0.39, 0.29) is 6.03 Å². The largest absolute Gasteiger partial charge is 0.323 e. The van der Waals surface area contributed by atoms with Crippen LogP contribution in [0.4, 0.5) is 10.5 Å². The first-order valence-electron chi connectivity index (χ1n) is 5.28. The molecule has 0 aliphatic carbocycles. The Morgan fingerprint density at radius 1 is 1.33 bits per heavy atom. The predicted molar refractivity (Wildman–Crippen MR) is 63.0 cm³/mol. The first-order valence-corrected chi connectivity index (χ1v) is 5.28. The van der Waals surface area contributed by atoms with Crippen LogP contribution in [-0.4, -0.2) is 18.0 Å². The molecule has 1 aliphatic rings. The SMILES string of the molecule is CC.Cc1ccc2c(c1)NC(=O)N(C)C2. The summed E-state index contributed by atoms with van der Waals surface area (Å²) in [4.78, 5) is 12.9. The van der Waals surface area contributed by atoms with Gasteiger partial charge in [-0.3, -0.25) is 0 Å². The molecule has 1 heterocycles. The highest BCUT2D eigenvalue weighted by Crippen LogP contribution is 2.23. The molecule has 2 amide bonds. The molecular weight excluding hydrogens is 188 g/mol. The number of hydrogen-bond acceptors (Lipinski definition) is 1. The maximum atomic E-state index is 11.3. The monoisotopic (exact) mass is 206 g/mol. The van der Waals surface area contributed by atoms with Gasteiger partial charge in [0.25, 0.3) is 0 Å². The standard InChI is InChI=1S/C10H12N2O.C2H6/c1-7-3-4-8-6-12(2)10(13)11-9(8)5-7;1-2/h3-5H,6H2,1-2H3,(H,11,13);1-2H3. The van der Waals surface area contributed by atoms with Crippen LogP contribution in [0.25, 0.3) is 0 Å². The predicted octanol–water partition coefficient (Wildman–Crippen LogP) is 3.00. The Hall–Kier alpha value is -1.51. The number of aryl methyl sites for hydroxylation is 1. The van der Waals surface area contributed by atoms with Crippen molar-refractivity contribution >= 4 is 11.7 Å². The highest BCUT2D eigenvalue weighted by molar-refractivity contribution is 5.92. The summed E-state index contributed by atoms with van der Waals surface area (Å²) in [7, 11) is 1.79. The molecule has 1 aliphatic heterocycles. The zero-order chi connectivity index (χ0) is 11.4. The zero-order valence-electron chi connectivity index (χ0n) is 9.79. The summed E-state index contributed by atoms with van der Waals surface area (Å²) >= 11 is 0. The lowest BCUT2D eigenvalue weighted by molar-refractivity contribution is 0.218. The number of carbonyl (C=O) groups excluding carboxylic acids is 1. The van der Waals surface area contributed by atoms with Crippen LogP contribution >= 0.6 is 0 Å². The molecule has 0 radical (unpaired) electrons. The molecule has 0 fully saturated rings. The van der Waals surface area contributed by atoms with Crippen molar-refractivity contribution < 1.29 is 4.79 Å². The number of amides is 2. The summed E-state index contributed by atoms with van der Waals surface area (Å²) < 4.78 is 0. The van der Waals surface area contributed by atoms with E-state index in [2.05, 4.69) is 17.4 Å². The van der Waals surface area contributed by atoms with Crippen molar-refractivity contribution in [3.8, 4) is 0 Å². The van der Waals surface area contributed by atoms with Gasteiger partial charge in [-0.15, -0.1) is 0 Å². The van der Waals surface area contributed by atoms with Gasteiger partial charge in [-0.25, -0.2) is 4.79 Å². The summed E-state index contributed by atoms with van der Waals surface area (Å²) in [6.07, 6.45) is 0. The van der Waals surface area contributed by atoms with E-state index in [4.69, 9.17) is 0 Å². The van der Waals surface area contributed by atoms with Crippen LogP contribution in [0, 0.1) is 6.92 Å². The fraction of sp³-hybridized carbons (Fsp3) is 0.417. The normalized spacial score (nSPS) is 13.6. The van der Waals surface area contributed by atoms with Crippen LogP contribution in [0.15, 0.2) is 18.2 Å². The van der Waals surface area contributed by atoms with Crippen molar-refractivity contribution in [3.05, 3.63) is 29.3 Å². The number of rotatable bonds is 0. The van der Waals surface area contributed by atoms with Crippen molar-refractivity contribution in [3.63, 3.8) is 0 Å². The Labute approximate surface area is 91.1 Å². The minimum absolute atomic E-state index is 0.0295. The van der Waals surface area contributed by atoms with Gasteiger partial charge in [-0.2, -0.15) is 0 Å². The number of hydrogen-bond donors (Lipinski definition) is 1. The van der Waals surface area contributed by atoms with Gasteiger partial charge in [0.05, 0.1) is 0 Å². The van der Waals surface area contributed by atoms with Crippen LogP contribution in [0.2, 0.25) is 0 Å². The van der Waals surface area contributed by atoms with E-state index < -0.39 is 0 Å². The average Bonchev–Trinajstić information content (AvgIpc) is 2.23. The minimum atomic E-state index is -0.0295. The summed E-state index contributed by atoms with van der Waals surface area (Å²) in [6.45, 7) is 6.71. The van der Waals surface area contributed by atoms with Crippen LogP contribution in [0.1, 0.15) is 25.0 Å². The average molecular weight is 206 g/mol. The molecule has 0 spiro atoms. The first kappa shape index (κ1) is 11.6. The lowest BCUT2D eigenvalue weighted by Crippen LogP contribution is -2.35. The summed E-state index contributed by atoms with van der Waals surface area (Å²) in [5.74, 6) is 0. The number of anilines is 1. The zero-order valence-corrected chi connectivity index (χ0v) is 9.79. The number of carbonyl (C=O) groups is 1. The summed E-state index contributed by atoms with van der Waals surface area (Å²) in [6, 6.07) is 6.09. The molecule has 1 aromatic carbocycles. The summed E-state index contributed by atoms with van der Waals surface area (Å²) in [5, 5.41) is 2.84. The Morgan fingerprint density at radius 3 is 2.67 bits per heavy atom. The van der Waals surface area contributed by atoms with E-state index in [1.165, 1.54) is 11.1 Å². The molecule has 0 atom stereocenters. The molecule has 1 aromatic rings. The van der Waals surface area contributed by atoms with Crippen molar-refractivity contribution in [2.75, 3.05) is 12.4 Å². The molecule has 1 N–H and O–H groups in total. The third kappa shape index (κ3) is 2.49. The molecule has 3 heteroatoms. The number of benzene rings is 1. The van der Waals surface area contributed by atoms with Gasteiger partial charge in [0.1, 0.15) is 0 Å². The van der Waals surface area contributed by atoms with E-state index in [1.807, 2.05) is 26.8 Å². The van der Waals surface area contributed by atoms with Crippen molar-refractivity contribution in [2.24, 2.45) is 0 Å². The quantitative estimate of drug-likeness (QED) is 0.695. The third-order valence-corrected chi connectivity index (χ3v) is 2.26. The molecule has 0 saturated carbocycles. The Balaban J connectivity index is 0.000000531. The van der Waals surface area contributed by atoms with E-state index >= 15 is 0 Å². The van der Waals surface area contributed by atoms with Crippen LogP contribution in [0.3, 0.4) is 0 Å². The topological polar surface area (TPSA) is 32.3 Å². The molecular formula is C12H18N2O. The fourth-order valence-electron chi connectivity index (χ4n) is 1.48. The fourth-order valence-corrected chi connectivity index (χ4v) is 1.48. The number of urea groups is 1. The van der Waals surface area contributed by atoms with Gasteiger partial charge in [0.15, 0.2) is 0 Å². The van der Waals surface area contributed by atoms with Crippen LogP contribution in [0.5, 0.6) is 0 Å². The Bertz CT molecular complexity index is 361. The molecule has 0 aromatic heterocycles. The molecule has 3 nitrogen and oxygen atoms in total. The van der Waals surface area contributed by atoms with Gasteiger partial charge in [-0.1, -0.05) is 26.0 Å². The van der Waals surface area contributed by atoms with Crippen LogP contribution in [-0.2, 0) is 6.54 Å². The maximum Gasteiger partial charge on any atom is 0.321 e. The van der Waals surface area contributed by atoms with Crippen LogP contribution < -0.4 is 5.32 Å². The molecule has 15 heavy (non-hydrogen) atoms. The van der Waals surface area contributed by atoms with Crippen molar-refractivity contribution in [2.45, 2.75) is 27.3 Å². The van der Waals surface area contributed by atoms with Gasteiger partial charge < -0.3 is 10.2 Å². The number of nitrogens with zero attached hydrogens (tertiary/aromatic N) is 1. The molecule has 0 saturated heterocycles. The smallest absolute Gasteiger partial charge is 0.321 e. The summed E-state index contributed by atoms with van der Waals surface area (Å²) in [5.41, 5.74) is 3.29. The van der Waals surface area contributed by atoms with Gasteiger partial charge >= 0.3 is 6.03 Å².